The van der Waals surface area contributed by atoms with Crippen molar-refractivity contribution >= 4 is 17.3 Å². The van der Waals surface area contributed by atoms with Gasteiger partial charge in [0.15, 0.2) is 0 Å². The number of nitrogens with zero attached hydrogens (tertiary/aromatic N) is 1. The van der Waals surface area contributed by atoms with Crippen molar-refractivity contribution in [3.8, 4) is 0 Å². The van der Waals surface area contributed by atoms with Gasteiger partial charge in [-0.1, -0.05) is 77.8 Å². The van der Waals surface area contributed by atoms with Gasteiger partial charge in [-0.25, -0.2) is 0 Å². The first-order valence-electron chi connectivity index (χ1n) is 10.4. The van der Waals surface area contributed by atoms with Gasteiger partial charge in [0.2, 0.25) is 0 Å². The molecule has 0 radical (unpaired) electrons. The van der Waals surface area contributed by atoms with E-state index in [2.05, 4.69) is 78.7 Å². The quantitative estimate of drug-likeness (QED) is 0.519. The zero-order chi connectivity index (χ0) is 20.5. The molecule has 0 bridgehead atoms. The van der Waals surface area contributed by atoms with Crippen molar-refractivity contribution in [1.82, 2.24) is 5.32 Å². The summed E-state index contributed by atoms with van der Waals surface area (Å²) in [6.07, 6.45) is 1.26. The van der Waals surface area contributed by atoms with Gasteiger partial charge in [0.25, 0.3) is 0 Å². The molecule has 4 rings (SSSR count). The predicted molar refractivity (Wildman–Crippen MR) is 126 cm³/mol. The summed E-state index contributed by atoms with van der Waals surface area (Å²) >= 11 is 6.05. The Balaban J connectivity index is 0.000000290. The molecule has 0 aliphatic carbocycles. The fourth-order valence-electron chi connectivity index (χ4n) is 3.71. The molecule has 3 aromatic carbocycles. The van der Waals surface area contributed by atoms with E-state index in [-0.39, 0.29) is 0 Å². The maximum atomic E-state index is 6.05. The van der Waals surface area contributed by atoms with E-state index in [1.165, 1.54) is 23.2 Å². The maximum Gasteiger partial charge on any atom is 0.0514 e. The molecule has 152 valence electrons. The van der Waals surface area contributed by atoms with E-state index in [0.717, 1.165) is 24.7 Å². The Morgan fingerprint density at radius 1 is 0.931 bits per heavy atom. The van der Waals surface area contributed by atoms with Gasteiger partial charge in [-0.15, -0.1) is 0 Å². The number of nitrogens with one attached hydrogen (secondary N) is 1. The zero-order valence-electron chi connectivity index (χ0n) is 17.4. The Labute approximate surface area is 180 Å². The van der Waals surface area contributed by atoms with Crippen LogP contribution in [0.25, 0.3) is 0 Å². The van der Waals surface area contributed by atoms with Crippen LogP contribution in [0.4, 0.5) is 5.69 Å². The summed E-state index contributed by atoms with van der Waals surface area (Å²) in [6.45, 7) is 7.70. The summed E-state index contributed by atoms with van der Waals surface area (Å²) in [4.78, 5) is 2.50. The largest absolute Gasteiger partial charge is 0.364 e. The highest BCUT2D eigenvalue weighted by Crippen LogP contribution is 2.29. The van der Waals surface area contributed by atoms with E-state index in [0.29, 0.717) is 12.0 Å². The smallest absolute Gasteiger partial charge is 0.0514 e. The number of halogens is 1. The molecule has 2 nitrogen and oxygen atoms in total. The van der Waals surface area contributed by atoms with E-state index in [1.54, 1.807) is 0 Å². The van der Waals surface area contributed by atoms with Crippen molar-refractivity contribution in [1.29, 1.82) is 0 Å². The molecule has 1 unspecified atom stereocenters. The minimum Gasteiger partial charge on any atom is -0.364 e. The van der Waals surface area contributed by atoms with Crippen molar-refractivity contribution in [2.45, 2.75) is 26.3 Å². The van der Waals surface area contributed by atoms with Crippen molar-refractivity contribution < 1.29 is 0 Å². The second-order valence-electron chi connectivity index (χ2n) is 7.73. The molecule has 1 fully saturated rings. The van der Waals surface area contributed by atoms with E-state index >= 15 is 0 Å². The predicted octanol–water partition coefficient (Wildman–Crippen LogP) is 6.51. The number of aryl methyl sites for hydroxylation is 1. The van der Waals surface area contributed by atoms with E-state index in [4.69, 9.17) is 11.6 Å². The van der Waals surface area contributed by atoms with Crippen LogP contribution < -0.4 is 10.2 Å². The normalized spacial score (nSPS) is 16.6. The van der Waals surface area contributed by atoms with Crippen LogP contribution >= 0.6 is 11.6 Å². The van der Waals surface area contributed by atoms with Crippen molar-refractivity contribution in [2.75, 3.05) is 24.5 Å². The van der Waals surface area contributed by atoms with Gasteiger partial charge >= 0.3 is 0 Å². The molecule has 29 heavy (non-hydrogen) atoms. The lowest BCUT2D eigenvalue weighted by Gasteiger charge is -2.34. The Morgan fingerprint density at radius 2 is 1.55 bits per heavy atom. The van der Waals surface area contributed by atoms with Crippen LogP contribution in [0.3, 0.4) is 0 Å². The van der Waals surface area contributed by atoms with Crippen LogP contribution in [-0.4, -0.2) is 19.6 Å². The summed E-state index contributed by atoms with van der Waals surface area (Å²) in [5.74, 6) is 0.710. The van der Waals surface area contributed by atoms with E-state index < -0.39 is 0 Å². The molecule has 0 spiro atoms. The molecule has 2 atom stereocenters. The molecular weight excluding hydrogens is 376 g/mol. The topological polar surface area (TPSA) is 15.3 Å². The first kappa shape index (κ1) is 21.4. The third-order valence-corrected chi connectivity index (χ3v) is 5.72. The Morgan fingerprint density at radius 3 is 2.07 bits per heavy atom. The summed E-state index contributed by atoms with van der Waals surface area (Å²) in [7, 11) is 0. The van der Waals surface area contributed by atoms with Crippen LogP contribution in [0.5, 0.6) is 0 Å². The van der Waals surface area contributed by atoms with Gasteiger partial charge in [0, 0.05) is 17.3 Å². The average molecular weight is 407 g/mol. The first-order chi connectivity index (χ1) is 14.1. The highest BCUT2D eigenvalue weighted by atomic mass is 35.5. The molecule has 1 N–H and O–H groups in total. The maximum absolute atomic E-state index is 6.05. The van der Waals surface area contributed by atoms with Gasteiger partial charge in [-0.3, -0.25) is 0 Å². The number of hydrogen-bond acceptors (Lipinski definition) is 2. The summed E-state index contributed by atoms with van der Waals surface area (Å²) < 4.78 is 0. The zero-order valence-corrected chi connectivity index (χ0v) is 18.1. The van der Waals surface area contributed by atoms with E-state index in [9.17, 15) is 0 Å². The lowest BCUT2D eigenvalue weighted by atomic mass is 10.0. The fourth-order valence-corrected chi connectivity index (χ4v) is 3.84. The molecule has 0 amide bonds. The van der Waals surface area contributed by atoms with Crippen molar-refractivity contribution in [2.24, 2.45) is 5.92 Å². The highest BCUT2D eigenvalue weighted by molar-refractivity contribution is 6.30. The number of anilines is 1. The number of benzene rings is 3. The SMILES string of the molecule is C[C@H](c1ccccc1)N(CC1CCNC1)c1ccc(Cl)cc1.Cc1ccccc1. The molecule has 1 heterocycles. The lowest BCUT2D eigenvalue weighted by molar-refractivity contribution is 0.527. The van der Waals surface area contributed by atoms with Crippen molar-refractivity contribution in [3.05, 3.63) is 101 Å². The Kier molecular flexibility index (Phi) is 8.15. The van der Waals surface area contributed by atoms with Crippen LogP contribution in [0.15, 0.2) is 84.9 Å². The second kappa shape index (κ2) is 11.0. The summed E-state index contributed by atoms with van der Waals surface area (Å²) in [5, 5.41) is 4.26. The molecular formula is C26H31ClN2. The minimum absolute atomic E-state index is 0.350. The lowest BCUT2D eigenvalue weighted by Crippen LogP contribution is -2.33. The first-order valence-corrected chi connectivity index (χ1v) is 10.8. The number of hydrogen-bond donors (Lipinski definition) is 1. The molecule has 0 aromatic heterocycles. The number of rotatable bonds is 5. The molecule has 1 aliphatic heterocycles. The highest BCUT2D eigenvalue weighted by Gasteiger charge is 2.22. The van der Waals surface area contributed by atoms with E-state index in [1.807, 2.05) is 30.3 Å². The molecule has 0 saturated carbocycles. The monoisotopic (exact) mass is 406 g/mol. The van der Waals surface area contributed by atoms with Gasteiger partial charge in [-0.2, -0.15) is 0 Å². The van der Waals surface area contributed by atoms with Crippen molar-refractivity contribution in [3.63, 3.8) is 0 Å². The average Bonchev–Trinajstić information content (AvgIpc) is 3.27. The summed E-state index contributed by atoms with van der Waals surface area (Å²) in [5.41, 5.74) is 3.92. The van der Waals surface area contributed by atoms with Crippen LogP contribution in [0.1, 0.15) is 30.5 Å². The molecule has 1 saturated heterocycles. The molecule has 3 heteroatoms. The van der Waals surface area contributed by atoms with Gasteiger partial charge in [0.05, 0.1) is 6.04 Å². The molecule has 3 aromatic rings. The Hall–Kier alpha value is -2.29. The molecule has 1 aliphatic rings. The summed E-state index contributed by atoms with van der Waals surface area (Å²) in [6, 6.07) is 29.6. The van der Waals surface area contributed by atoms with Gasteiger partial charge in [-0.05, 0) is 69.1 Å². The van der Waals surface area contributed by atoms with Crippen LogP contribution in [0, 0.1) is 12.8 Å². The fraction of sp³-hybridized carbons (Fsp3) is 0.308. The van der Waals surface area contributed by atoms with Gasteiger partial charge in [0.1, 0.15) is 0 Å². The standard InChI is InChI=1S/C19H23ClN2.C7H8/c1-15(17-5-3-2-4-6-17)22(14-16-11-12-21-13-16)19-9-7-18(20)8-10-19;1-7-5-3-2-4-6-7/h2-10,15-16,21H,11-14H2,1H3;2-6H,1H3/t15-,16?;/m1./s1. The minimum atomic E-state index is 0.350. The van der Waals surface area contributed by atoms with Crippen LogP contribution in [0.2, 0.25) is 5.02 Å². The Bertz CT molecular complexity index is 828. The third-order valence-electron chi connectivity index (χ3n) is 5.47. The van der Waals surface area contributed by atoms with Crippen LogP contribution in [-0.2, 0) is 0 Å². The third kappa shape index (κ3) is 6.62. The second-order valence-corrected chi connectivity index (χ2v) is 8.17. The van der Waals surface area contributed by atoms with Gasteiger partial charge < -0.3 is 10.2 Å².